The van der Waals surface area contributed by atoms with Crippen molar-refractivity contribution in [2.24, 2.45) is 0 Å². The first-order valence-corrected chi connectivity index (χ1v) is 12.4. The van der Waals surface area contributed by atoms with Crippen LogP contribution in [0.4, 0.5) is 4.39 Å². The van der Waals surface area contributed by atoms with E-state index in [1.54, 1.807) is 24.3 Å². The third-order valence-electron chi connectivity index (χ3n) is 6.48. The van der Waals surface area contributed by atoms with Gasteiger partial charge >= 0.3 is 0 Å². The molecule has 1 amide bonds. The molecule has 0 saturated carbocycles. The zero-order chi connectivity index (χ0) is 26.2. The molecule has 2 aromatic rings. The zero-order valence-corrected chi connectivity index (χ0v) is 21.4. The number of aliphatic hydroxyl groups excluding tert-OH is 1. The number of likely N-dealkylation sites (tertiary alicyclic amines) is 1. The average Bonchev–Trinajstić information content (AvgIpc) is 3.14. The molecule has 0 spiro atoms. The van der Waals surface area contributed by atoms with Crippen LogP contribution in [0.2, 0.25) is 0 Å². The summed E-state index contributed by atoms with van der Waals surface area (Å²) >= 11 is 0. The minimum absolute atomic E-state index is 0.0152. The zero-order valence-electron chi connectivity index (χ0n) is 21.4. The van der Waals surface area contributed by atoms with Crippen molar-refractivity contribution >= 4 is 17.4 Å². The highest BCUT2D eigenvalue weighted by molar-refractivity contribution is 6.46. The molecule has 36 heavy (non-hydrogen) atoms. The van der Waals surface area contributed by atoms with Crippen LogP contribution in [0.1, 0.15) is 50.8 Å². The van der Waals surface area contributed by atoms with Crippen LogP contribution < -0.4 is 9.47 Å². The molecule has 7 nitrogen and oxygen atoms in total. The quantitative estimate of drug-likeness (QED) is 0.196. The van der Waals surface area contributed by atoms with Gasteiger partial charge in [-0.25, -0.2) is 4.39 Å². The molecule has 2 aromatic carbocycles. The summed E-state index contributed by atoms with van der Waals surface area (Å²) < 4.78 is 25.1. The number of hydrogen-bond donors (Lipinski definition) is 1. The van der Waals surface area contributed by atoms with E-state index in [0.717, 1.165) is 32.0 Å². The predicted octanol–water partition coefficient (Wildman–Crippen LogP) is 4.78. The minimum Gasteiger partial charge on any atom is -0.507 e. The lowest BCUT2D eigenvalue weighted by molar-refractivity contribution is -0.140. The molecular weight excluding hydrogens is 463 g/mol. The first-order valence-electron chi connectivity index (χ1n) is 12.4. The van der Waals surface area contributed by atoms with Crippen molar-refractivity contribution in [3.05, 3.63) is 65.0 Å². The standard InChI is InChI=1S/C28H35FN2O5/c1-5-8-17-36-21-12-9-19(10-13-21)25-24(26(32)20-11-14-23(35-4)22(29)18-20)27(33)28(34)31(25)16-15-30(6-2)7-3/h9-14,18,25,32H,5-8,15-17H2,1-4H3/b26-24+. The molecule has 1 unspecified atom stereocenters. The number of Topliss-reactive ketones (excluding diaryl/α,β-unsaturated/α-hetero) is 1. The maximum atomic E-state index is 14.4. The summed E-state index contributed by atoms with van der Waals surface area (Å²) in [5, 5.41) is 11.2. The normalized spacial score (nSPS) is 17.2. The van der Waals surface area contributed by atoms with Gasteiger partial charge in [-0.3, -0.25) is 9.59 Å². The molecule has 8 heteroatoms. The average molecular weight is 499 g/mol. The van der Waals surface area contributed by atoms with E-state index in [4.69, 9.17) is 9.47 Å². The third-order valence-corrected chi connectivity index (χ3v) is 6.48. The molecule has 1 saturated heterocycles. The second-order valence-electron chi connectivity index (χ2n) is 8.64. The van der Waals surface area contributed by atoms with Gasteiger partial charge in [0.15, 0.2) is 11.6 Å². The Morgan fingerprint density at radius 2 is 1.78 bits per heavy atom. The number of halogens is 1. The Bertz CT molecular complexity index is 1100. The largest absolute Gasteiger partial charge is 0.507 e. The molecular formula is C28H35FN2O5. The summed E-state index contributed by atoms with van der Waals surface area (Å²) in [6.45, 7) is 9.24. The van der Waals surface area contributed by atoms with Crippen LogP contribution in [-0.2, 0) is 9.59 Å². The van der Waals surface area contributed by atoms with E-state index in [1.807, 2.05) is 13.8 Å². The second-order valence-corrected chi connectivity index (χ2v) is 8.64. The van der Waals surface area contributed by atoms with Crippen LogP contribution in [0.3, 0.4) is 0 Å². The van der Waals surface area contributed by atoms with Gasteiger partial charge in [-0.1, -0.05) is 39.3 Å². The third kappa shape index (κ3) is 5.87. The number of ether oxygens (including phenoxy) is 2. The van der Waals surface area contributed by atoms with Gasteiger partial charge in [0, 0.05) is 18.7 Å². The van der Waals surface area contributed by atoms with Crippen LogP contribution >= 0.6 is 0 Å². The van der Waals surface area contributed by atoms with Crippen molar-refractivity contribution in [2.45, 2.75) is 39.7 Å². The molecule has 0 bridgehead atoms. The van der Waals surface area contributed by atoms with E-state index in [-0.39, 0.29) is 16.9 Å². The molecule has 1 heterocycles. The van der Waals surface area contributed by atoms with Crippen molar-refractivity contribution in [3.8, 4) is 11.5 Å². The first kappa shape index (κ1) is 27.2. The van der Waals surface area contributed by atoms with Crippen molar-refractivity contribution < 1.29 is 28.6 Å². The van der Waals surface area contributed by atoms with Gasteiger partial charge in [-0.2, -0.15) is 0 Å². The lowest BCUT2D eigenvalue weighted by Gasteiger charge is -2.28. The van der Waals surface area contributed by atoms with Crippen molar-refractivity contribution in [1.29, 1.82) is 0 Å². The van der Waals surface area contributed by atoms with E-state index in [2.05, 4.69) is 11.8 Å². The highest BCUT2D eigenvalue weighted by Gasteiger charge is 2.46. The van der Waals surface area contributed by atoms with Crippen LogP contribution in [0.15, 0.2) is 48.0 Å². The smallest absolute Gasteiger partial charge is 0.295 e. The van der Waals surface area contributed by atoms with Crippen LogP contribution in [0, 0.1) is 5.82 Å². The number of carbonyl (C=O) groups excluding carboxylic acids is 2. The molecule has 194 valence electrons. The number of hydrogen-bond acceptors (Lipinski definition) is 6. The number of rotatable bonds is 12. The van der Waals surface area contributed by atoms with Crippen LogP contribution in [0.5, 0.6) is 11.5 Å². The van der Waals surface area contributed by atoms with Gasteiger partial charge in [0.05, 0.1) is 25.3 Å². The Labute approximate surface area is 212 Å². The number of benzene rings is 2. The van der Waals surface area contributed by atoms with Crippen molar-refractivity contribution in [2.75, 3.05) is 39.9 Å². The lowest BCUT2D eigenvalue weighted by atomic mass is 9.95. The Morgan fingerprint density at radius 3 is 2.36 bits per heavy atom. The molecule has 1 fully saturated rings. The molecule has 1 atom stereocenters. The summed E-state index contributed by atoms with van der Waals surface area (Å²) in [6, 6.07) is 10.3. The van der Waals surface area contributed by atoms with Crippen LogP contribution in [0.25, 0.3) is 5.76 Å². The SMILES string of the molecule is CCCCOc1ccc(C2/C(=C(\O)c3ccc(OC)c(F)c3)C(=O)C(=O)N2CCN(CC)CC)cc1. The number of methoxy groups -OCH3 is 1. The van der Waals surface area contributed by atoms with E-state index in [0.29, 0.717) is 31.0 Å². The highest BCUT2D eigenvalue weighted by atomic mass is 19.1. The Morgan fingerprint density at radius 1 is 1.08 bits per heavy atom. The molecule has 0 radical (unpaired) electrons. The maximum Gasteiger partial charge on any atom is 0.295 e. The molecule has 1 aliphatic heterocycles. The molecule has 1 N–H and O–H groups in total. The summed E-state index contributed by atoms with van der Waals surface area (Å²) in [6.07, 6.45) is 1.96. The number of ketones is 1. The van der Waals surface area contributed by atoms with E-state index in [1.165, 1.54) is 24.1 Å². The number of aliphatic hydroxyl groups is 1. The van der Waals surface area contributed by atoms with E-state index >= 15 is 0 Å². The Kier molecular flexibility index (Phi) is 9.47. The minimum atomic E-state index is -0.810. The van der Waals surface area contributed by atoms with Gasteiger partial charge in [-0.15, -0.1) is 0 Å². The summed E-state index contributed by atoms with van der Waals surface area (Å²) in [5.74, 6) is -1.88. The number of likely N-dealkylation sites (N-methyl/N-ethyl adjacent to an activating group) is 1. The summed E-state index contributed by atoms with van der Waals surface area (Å²) in [7, 11) is 1.34. The molecule has 3 rings (SSSR count). The van der Waals surface area contributed by atoms with E-state index < -0.39 is 29.3 Å². The number of amides is 1. The summed E-state index contributed by atoms with van der Waals surface area (Å²) in [4.78, 5) is 29.9. The molecule has 1 aliphatic rings. The molecule has 0 aliphatic carbocycles. The van der Waals surface area contributed by atoms with Gasteiger partial charge in [0.1, 0.15) is 11.5 Å². The summed E-state index contributed by atoms with van der Waals surface area (Å²) in [5.41, 5.74) is 0.690. The fourth-order valence-corrected chi connectivity index (χ4v) is 4.30. The number of carbonyl (C=O) groups is 2. The predicted molar refractivity (Wildman–Crippen MR) is 137 cm³/mol. The van der Waals surface area contributed by atoms with Crippen molar-refractivity contribution in [3.63, 3.8) is 0 Å². The number of nitrogens with zero attached hydrogens (tertiary/aromatic N) is 2. The first-order chi connectivity index (χ1) is 17.4. The Hall–Kier alpha value is -3.39. The molecule has 0 aromatic heterocycles. The van der Waals surface area contributed by atoms with Gasteiger partial charge in [0.25, 0.3) is 11.7 Å². The van der Waals surface area contributed by atoms with Crippen molar-refractivity contribution in [1.82, 2.24) is 9.80 Å². The highest BCUT2D eigenvalue weighted by Crippen LogP contribution is 2.40. The fourth-order valence-electron chi connectivity index (χ4n) is 4.30. The second kappa shape index (κ2) is 12.5. The lowest BCUT2D eigenvalue weighted by Crippen LogP contribution is -2.38. The Balaban J connectivity index is 2.04. The van der Waals surface area contributed by atoms with Gasteiger partial charge in [0.2, 0.25) is 0 Å². The maximum absolute atomic E-state index is 14.4. The topological polar surface area (TPSA) is 79.3 Å². The van der Waals surface area contributed by atoms with Gasteiger partial charge in [-0.05, 0) is 55.4 Å². The van der Waals surface area contributed by atoms with Gasteiger partial charge < -0.3 is 24.4 Å². The number of unbranched alkanes of at least 4 members (excludes halogenated alkanes) is 1. The fraction of sp³-hybridized carbons (Fsp3) is 0.429. The monoisotopic (exact) mass is 498 g/mol. The van der Waals surface area contributed by atoms with E-state index in [9.17, 15) is 19.1 Å². The van der Waals surface area contributed by atoms with Crippen LogP contribution in [-0.4, -0.2) is 66.5 Å².